The molecule has 0 saturated carbocycles. The Morgan fingerprint density at radius 3 is 2.13 bits per heavy atom. The van der Waals surface area contributed by atoms with Crippen LogP contribution >= 0.6 is 0 Å². The van der Waals surface area contributed by atoms with E-state index in [0.29, 0.717) is 40.5 Å². The standard InChI is InChI=1S/C40H42N6O6/c1-25(2)35(42-39(49)52-40(3,4)5)38(48)51-24-45-22-21-32(43-45)41-30-23-31-34(26-13-9-7-10-14-26)36(28-15-11-8-12-16-28)44-46(31)37(47)33(30)27-17-19-29(50-6)20-18-27/h7-22,25,35H,23-24H2,1-6H3,(H,41,43)(H,42,49)/t35-/m0/s1. The summed E-state index contributed by atoms with van der Waals surface area (Å²) < 4.78 is 19.2. The molecule has 0 spiro atoms. The quantitative estimate of drug-likeness (QED) is 0.137. The molecule has 52 heavy (non-hydrogen) atoms. The Balaban J connectivity index is 1.30. The molecule has 0 bridgehead atoms. The number of alkyl carbamates (subject to hydrolysis) is 1. The minimum atomic E-state index is -0.919. The maximum absolute atomic E-state index is 14.5. The second-order valence-electron chi connectivity index (χ2n) is 13.7. The lowest BCUT2D eigenvalue weighted by atomic mass is 9.92. The van der Waals surface area contributed by atoms with Gasteiger partial charge in [0.25, 0.3) is 5.91 Å². The van der Waals surface area contributed by atoms with Crippen LogP contribution in [0.15, 0.2) is 103 Å². The van der Waals surface area contributed by atoms with Crippen LogP contribution in [0.25, 0.3) is 28.0 Å². The molecule has 1 aliphatic rings. The molecule has 0 aliphatic carbocycles. The van der Waals surface area contributed by atoms with Crippen LogP contribution in [0.3, 0.4) is 0 Å². The summed E-state index contributed by atoms with van der Waals surface area (Å²) in [7, 11) is 1.59. The van der Waals surface area contributed by atoms with Crippen LogP contribution in [0.5, 0.6) is 5.75 Å². The highest BCUT2D eigenvalue weighted by Crippen LogP contribution is 2.40. The van der Waals surface area contributed by atoms with Gasteiger partial charge in [-0.25, -0.2) is 14.3 Å². The molecular weight excluding hydrogens is 660 g/mol. The summed E-state index contributed by atoms with van der Waals surface area (Å²) in [5, 5.41) is 15.5. The van der Waals surface area contributed by atoms with Gasteiger partial charge in [0.2, 0.25) is 0 Å². The van der Waals surface area contributed by atoms with E-state index in [2.05, 4.69) is 15.7 Å². The molecule has 3 aromatic carbocycles. The van der Waals surface area contributed by atoms with Crippen molar-refractivity contribution in [3.8, 4) is 28.1 Å². The Labute approximate surface area is 302 Å². The van der Waals surface area contributed by atoms with Crippen LogP contribution in [-0.4, -0.2) is 56.3 Å². The van der Waals surface area contributed by atoms with E-state index in [-0.39, 0.29) is 18.6 Å². The molecule has 6 rings (SSSR count). The SMILES string of the molecule is COc1ccc(C2=C(Nc3ccn(COC(=O)[C@@H](NC(=O)OC(C)(C)C)C(C)C)n3)Cc3c(-c4ccccc4)c(-c4ccccc4)nn3C2=O)cc1. The van der Waals surface area contributed by atoms with Crippen molar-refractivity contribution in [3.63, 3.8) is 0 Å². The van der Waals surface area contributed by atoms with E-state index in [9.17, 15) is 14.4 Å². The average Bonchev–Trinajstić information content (AvgIpc) is 3.74. The number of benzene rings is 3. The number of nitrogens with one attached hydrogen (secondary N) is 2. The topological polar surface area (TPSA) is 139 Å². The van der Waals surface area contributed by atoms with Crippen LogP contribution in [0, 0.1) is 5.92 Å². The van der Waals surface area contributed by atoms with Gasteiger partial charge in [-0.15, -0.1) is 0 Å². The lowest BCUT2D eigenvalue weighted by molar-refractivity contribution is -0.151. The molecule has 12 heteroatoms. The summed E-state index contributed by atoms with van der Waals surface area (Å²) in [6.45, 7) is 8.64. The van der Waals surface area contributed by atoms with Crippen LogP contribution < -0.4 is 15.4 Å². The van der Waals surface area contributed by atoms with Gasteiger partial charge in [-0.1, -0.05) is 86.6 Å². The number of hydrogen-bond donors (Lipinski definition) is 2. The van der Waals surface area contributed by atoms with Crippen molar-refractivity contribution in [3.05, 3.63) is 114 Å². The maximum Gasteiger partial charge on any atom is 0.408 e. The summed E-state index contributed by atoms with van der Waals surface area (Å²) in [5.41, 5.74) is 5.17. The van der Waals surface area contributed by atoms with E-state index < -0.39 is 23.7 Å². The zero-order valence-electron chi connectivity index (χ0n) is 30.0. The Morgan fingerprint density at radius 1 is 0.865 bits per heavy atom. The van der Waals surface area contributed by atoms with Crippen molar-refractivity contribution in [2.24, 2.45) is 5.92 Å². The largest absolute Gasteiger partial charge is 0.497 e. The van der Waals surface area contributed by atoms with Crippen molar-refractivity contribution in [2.75, 3.05) is 12.4 Å². The van der Waals surface area contributed by atoms with Crippen LogP contribution in [0.1, 0.15) is 50.7 Å². The van der Waals surface area contributed by atoms with E-state index in [1.807, 2.05) is 84.9 Å². The lowest BCUT2D eigenvalue weighted by Gasteiger charge is -2.24. The van der Waals surface area contributed by atoms with Gasteiger partial charge in [0.1, 0.15) is 23.1 Å². The molecule has 0 unspecified atom stereocenters. The highest BCUT2D eigenvalue weighted by molar-refractivity contribution is 6.23. The minimum Gasteiger partial charge on any atom is -0.497 e. The Kier molecular flexibility index (Phi) is 10.3. The number of carbonyl (C=O) groups is 3. The molecule has 3 heterocycles. The van der Waals surface area contributed by atoms with E-state index in [4.69, 9.17) is 19.3 Å². The predicted molar refractivity (Wildman–Crippen MR) is 197 cm³/mol. The summed E-state index contributed by atoms with van der Waals surface area (Å²) in [6, 6.07) is 27.8. The van der Waals surface area contributed by atoms with Crippen molar-refractivity contribution in [1.82, 2.24) is 24.9 Å². The smallest absolute Gasteiger partial charge is 0.408 e. The van der Waals surface area contributed by atoms with Gasteiger partial charge in [0.15, 0.2) is 12.5 Å². The number of ether oxygens (including phenoxy) is 3. The second kappa shape index (κ2) is 15.0. The Hall–Kier alpha value is -6.17. The van der Waals surface area contributed by atoms with Crippen molar-refractivity contribution in [2.45, 2.75) is 59.4 Å². The van der Waals surface area contributed by atoms with E-state index >= 15 is 0 Å². The third-order valence-corrected chi connectivity index (χ3v) is 8.37. The fourth-order valence-corrected chi connectivity index (χ4v) is 5.95. The van der Waals surface area contributed by atoms with Crippen LogP contribution in [0.4, 0.5) is 10.6 Å². The molecule has 1 amide bonds. The lowest BCUT2D eigenvalue weighted by Crippen LogP contribution is -2.47. The maximum atomic E-state index is 14.5. The van der Waals surface area contributed by atoms with Gasteiger partial charge in [-0.3, -0.25) is 4.79 Å². The molecule has 1 aliphatic heterocycles. The number of amides is 1. The third-order valence-electron chi connectivity index (χ3n) is 8.37. The van der Waals surface area contributed by atoms with Gasteiger partial charge in [0, 0.05) is 35.5 Å². The number of nitrogens with zero attached hydrogens (tertiary/aromatic N) is 4. The first-order chi connectivity index (χ1) is 24.9. The number of fused-ring (bicyclic) bond motifs is 1. The molecule has 2 aromatic heterocycles. The zero-order chi connectivity index (χ0) is 37.0. The molecule has 5 aromatic rings. The predicted octanol–water partition coefficient (Wildman–Crippen LogP) is 7.19. The molecule has 268 valence electrons. The first-order valence-corrected chi connectivity index (χ1v) is 17.0. The van der Waals surface area contributed by atoms with E-state index in [1.54, 1.807) is 54.0 Å². The number of anilines is 1. The second-order valence-corrected chi connectivity index (χ2v) is 13.7. The first kappa shape index (κ1) is 35.6. The summed E-state index contributed by atoms with van der Waals surface area (Å²) in [5.74, 6) is -0.0646. The number of hydrogen-bond acceptors (Lipinski definition) is 9. The minimum absolute atomic E-state index is 0.200. The van der Waals surface area contributed by atoms with E-state index in [1.165, 1.54) is 9.36 Å². The molecule has 0 saturated heterocycles. The number of allylic oxidation sites excluding steroid dienone is 2. The van der Waals surface area contributed by atoms with Crippen molar-refractivity contribution >= 4 is 29.4 Å². The molecule has 2 N–H and O–H groups in total. The third kappa shape index (κ3) is 7.91. The molecular formula is C40H42N6O6. The highest BCUT2D eigenvalue weighted by atomic mass is 16.6. The first-order valence-electron chi connectivity index (χ1n) is 17.0. The molecule has 0 radical (unpaired) electrons. The highest BCUT2D eigenvalue weighted by Gasteiger charge is 2.34. The van der Waals surface area contributed by atoms with Crippen molar-refractivity contribution < 1.29 is 28.6 Å². The Bertz CT molecular complexity index is 2090. The van der Waals surface area contributed by atoms with E-state index in [0.717, 1.165) is 22.4 Å². The molecule has 1 atom stereocenters. The number of esters is 1. The van der Waals surface area contributed by atoms with Gasteiger partial charge >= 0.3 is 12.1 Å². The molecule has 12 nitrogen and oxygen atoms in total. The van der Waals surface area contributed by atoms with Crippen molar-refractivity contribution in [1.29, 1.82) is 0 Å². The van der Waals surface area contributed by atoms with Gasteiger partial charge in [0.05, 0.1) is 18.4 Å². The number of methoxy groups -OCH3 is 1. The zero-order valence-corrected chi connectivity index (χ0v) is 30.0. The summed E-state index contributed by atoms with van der Waals surface area (Å²) >= 11 is 0. The number of aromatic nitrogens is 4. The van der Waals surface area contributed by atoms with Gasteiger partial charge in [-0.05, 0) is 49.9 Å². The van der Waals surface area contributed by atoms with Crippen LogP contribution in [0.2, 0.25) is 0 Å². The monoisotopic (exact) mass is 702 g/mol. The van der Waals surface area contributed by atoms with Crippen LogP contribution in [-0.2, 0) is 27.4 Å². The fraction of sp³-hybridized carbons (Fsp3) is 0.275. The van der Waals surface area contributed by atoms with Gasteiger partial charge < -0.3 is 24.8 Å². The summed E-state index contributed by atoms with van der Waals surface area (Å²) in [6.07, 6.45) is 1.29. The normalized spacial score (nSPS) is 13.4. The summed E-state index contributed by atoms with van der Waals surface area (Å²) in [4.78, 5) is 39.9. The number of carbonyl (C=O) groups excluding carboxylic acids is 3. The fourth-order valence-electron chi connectivity index (χ4n) is 5.95. The number of rotatable bonds is 11. The Morgan fingerprint density at radius 2 is 1.52 bits per heavy atom. The molecule has 0 fully saturated rings. The average molecular weight is 703 g/mol. The van der Waals surface area contributed by atoms with Gasteiger partial charge in [-0.2, -0.15) is 14.9 Å².